The molecule has 0 aromatic carbocycles. The van der Waals surface area contributed by atoms with Gasteiger partial charge in [0.2, 0.25) is 5.91 Å². The standard InChI is InChI=1S/C8H10N2O/c1-6(8(9)11)7-4-2-3-5-10-7/h2-6H,1H3,(H2,9,11). The Morgan fingerprint density at radius 3 is 2.82 bits per heavy atom. The second-order valence-electron chi connectivity index (χ2n) is 2.38. The van der Waals surface area contributed by atoms with Gasteiger partial charge in [-0.1, -0.05) is 6.07 Å². The fourth-order valence-corrected chi connectivity index (χ4v) is 0.778. The summed E-state index contributed by atoms with van der Waals surface area (Å²) < 4.78 is 0. The Morgan fingerprint density at radius 2 is 2.36 bits per heavy atom. The number of primary amides is 1. The number of nitrogens with zero attached hydrogens (tertiary/aromatic N) is 1. The predicted octanol–water partition coefficient (Wildman–Crippen LogP) is 0.670. The van der Waals surface area contributed by atoms with E-state index in [1.807, 2.05) is 6.07 Å². The fraction of sp³-hybridized carbons (Fsp3) is 0.250. The number of carbonyl (C=O) groups excluding carboxylic acids is 1. The minimum Gasteiger partial charge on any atom is -0.369 e. The maximum Gasteiger partial charge on any atom is 0.226 e. The normalized spacial score (nSPS) is 12.5. The Bertz CT molecular complexity index is 246. The average molecular weight is 150 g/mol. The van der Waals surface area contributed by atoms with Crippen molar-refractivity contribution in [2.24, 2.45) is 5.73 Å². The van der Waals surface area contributed by atoms with E-state index in [0.29, 0.717) is 0 Å². The van der Waals surface area contributed by atoms with E-state index in [1.54, 1.807) is 25.3 Å². The summed E-state index contributed by atoms with van der Waals surface area (Å²) in [6.45, 7) is 1.74. The van der Waals surface area contributed by atoms with Crippen molar-refractivity contribution in [1.29, 1.82) is 0 Å². The summed E-state index contributed by atoms with van der Waals surface area (Å²) in [6, 6.07) is 5.43. The number of hydrogen-bond donors (Lipinski definition) is 1. The van der Waals surface area contributed by atoms with Crippen molar-refractivity contribution in [1.82, 2.24) is 4.98 Å². The molecule has 58 valence electrons. The van der Waals surface area contributed by atoms with E-state index in [0.717, 1.165) is 5.69 Å². The first kappa shape index (κ1) is 7.72. The lowest BCUT2D eigenvalue weighted by molar-refractivity contribution is -0.119. The molecule has 0 aliphatic rings. The molecule has 0 fully saturated rings. The summed E-state index contributed by atoms with van der Waals surface area (Å²) in [7, 11) is 0. The van der Waals surface area contributed by atoms with Gasteiger partial charge in [-0.3, -0.25) is 9.78 Å². The number of amides is 1. The monoisotopic (exact) mass is 150 g/mol. The molecular weight excluding hydrogens is 140 g/mol. The molecule has 0 saturated heterocycles. The lowest BCUT2D eigenvalue weighted by atomic mass is 10.1. The largest absolute Gasteiger partial charge is 0.369 e. The highest BCUT2D eigenvalue weighted by molar-refractivity contribution is 5.80. The Morgan fingerprint density at radius 1 is 1.64 bits per heavy atom. The first-order valence-corrected chi connectivity index (χ1v) is 3.42. The second-order valence-corrected chi connectivity index (χ2v) is 2.38. The Balaban J connectivity index is 2.85. The van der Waals surface area contributed by atoms with Gasteiger partial charge in [-0.25, -0.2) is 0 Å². The maximum absolute atomic E-state index is 10.7. The molecule has 0 aliphatic carbocycles. The molecule has 0 radical (unpaired) electrons. The van der Waals surface area contributed by atoms with Gasteiger partial charge in [0.05, 0.1) is 11.6 Å². The SMILES string of the molecule is CC(C(N)=O)c1ccccn1. The molecule has 3 nitrogen and oxygen atoms in total. The third-order valence-electron chi connectivity index (χ3n) is 1.56. The van der Waals surface area contributed by atoms with Crippen molar-refractivity contribution in [3.8, 4) is 0 Å². The molecule has 2 N–H and O–H groups in total. The third-order valence-corrected chi connectivity index (χ3v) is 1.56. The Labute approximate surface area is 65.2 Å². The van der Waals surface area contributed by atoms with Crippen LogP contribution in [0.3, 0.4) is 0 Å². The first-order chi connectivity index (χ1) is 5.22. The minimum absolute atomic E-state index is 0.295. The molecule has 1 aromatic heterocycles. The number of pyridine rings is 1. The summed E-state index contributed by atoms with van der Waals surface area (Å²) in [6.07, 6.45) is 1.65. The molecule has 0 aliphatic heterocycles. The Kier molecular flexibility index (Phi) is 2.21. The van der Waals surface area contributed by atoms with Gasteiger partial charge in [0.25, 0.3) is 0 Å². The van der Waals surface area contributed by atoms with Crippen LogP contribution in [0.2, 0.25) is 0 Å². The zero-order chi connectivity index (χ0) is 8.27. The van der Waals surface area contributed by atoms with Crippen molar-refractivity contribution in [3.63, 3.8) is 0 Å². The van der Waals surface area contributed by atoms with Gasteiger partial charge >= 0.3 is 0 Å². The van der Waals surface area contributed by atoms with Crippen LogP contribution in [0.25, 0.3) is 0 Å². The van der Waals surface area contributed by atoms with Crippen molar-refractivity contribution >= 4 is 5.91 Å². The molecule has 1 aromatic rings. The highest BCUT2D eigenvalue weighted by Gasteiger charge is 2.11. The van der Waals surface area contributed by atoms with E-state index in [2.05, 4.69) is 4.98 Å². The average Bonchev–Trinajstić information content (AvgIpc) is 2.05. The highest BCUT2D eigenvalue weighted by Crippen LogP contribution is 2.09. The van der Waals surface area contributed by atoms with Crippen LogP contribution in [0, 0.1) is 0 Å². The molecule has 0 bridgehead atoms. The van der Waals surface area contributed by atoms with E-state index >= 15 is 0 Å². The van der Waals surface area contributed by atoms with Crippen molar-refractivity contribution in [2.45, 2.75) is 12.8 Å². The van der Waals surface area contributed by atoms with Crippen molar-refractivity contribution in [2.75, 3.05) is 0 Å². The summed E-state index contributed by atoms with van der Waals surface area (Å²) in [5.74, 6) is -0.639. The van der Waals surface area contributed by atoms with Crippen LogP contribution in [0.15, 0.2) is 24.4 Å². The molecule has 1 unspecified atom stereocenters. The van der Waals surface area contributed by atoms with E-state index in [-0.39, 0.29) is 11.8 Å². The van der Waals surface area contributed by atoms with Gasteiger partial charge in [-0.15, -0.1) is 0 Å². The van der Waals surface area contributed by atoms with Gasteiger partial charge in [0.1, 0.15) is 0 Å². The number of rotatable bonds is 2. The summed E-state index contributed by atoms with van der Waals surface area (Å²) in [5.41, 5.74) is 5.81. The van der Waals surface area contributed by atoms with Crippen LogP contribution < -0.4 is 5.73 Å². The third kappa shape index (κ3) is 1.77. The molecule has 3 heteroatoms. The van der Waals surface area contributed by atoms with Crippen LogP contribution in [0.5, 0.6) is 0 Å². The lowest BCUT2D eigenvalue weighted by Gasteiger charge is -2.04. The smallest absolute Gasteiger partial charge is 0.226 e. The summed E-state index contributed by atoms with van der Waals surface area (Å²) in [4.78, 5) is 14.7. The first-order valence-electron chi connectivity index (χ1n) is 3.42. The van der Waals surface area contributed by atoms with Gasteiger partial charge in [-0.05, 0) is 19.1 Å². The van der Waals surface area contributed by atoms with E-state index in [1.165, 1.54) is 0 Å². The van der Waals surface area contributed by atoms with Gasteiger partial charge in [-0.2, -0.15) is 0 Å². The summed E-state index contributed by atoms with van der Waals surface area (Å²) >= 11 is 0. The number of aromatic nitrogens is 1. The second kappa shape index (κ2) is 3.14. The quantitative estimate of drug-likeness (QED) is 0.673. The molecule has 1 heterocycles. The summed E-state index contributed by atoms with van der Waals surface area (Å²) in [5, 5.41) is 0. The lowest BCUT2D eigenvalue weighted by Crippen LogP contribution is -2.19. The molecule has 1 amide bonds. The van der Waals surface area contributed by atoms with Gasteiger partial charge in [0.15, 0.2) is 0 Å². The fourth-order valence-electron chi connectivity index (χ4n) is 0.778. The highest BCUT2D eigenvalue weighted by atomic mass is 16.1. The van der Waals surface area contributed by atoms with Crippen LogP contribution in [-0.2, 0) is 4.79 Å². The van der Waals surface area contributed by atoms with Crippen LogP contribution in [0.4, 0.5) is 0 Å². The maximum atomic E-state index is 10.7. The number of hydrogen-bond acceptors (Lipinski definition) is 2. The molecule has 1 atom stereocenters. The number of nitrogens with two attached hydrogens (primary N) is 1. The van der Waals surface area contributed by atoms with Crippen LogP contribution >= 0.6 is 0 Å². The number of carbonyl (C=O) groups is 1. The zero-order valence-corrected chi connectivity index (χ0v) is 6.32. The van der Waals surface area contributed by atoms with Crippen molar-refractivity contribution < 1.29 is 4.79 Å². The predicted molar refractivity (Wildman–Crippen MR) is 41.8 cm³/mol. The minimum atomic E-state index is -0.344. The van der Waals surface area contributed by atoms with Crippen molar-refractivity contribution in [3.05, 3.63) is 30.1 Å². The van der Waals surface area contributed by atoms with Gasteiger partial charge in [0, 0.05) is 6.20 Å². The molecule has 0 spiro atoms. The van der Waals surface area contributed by atoms with E-state index in [9.17, 15) is 4.79 Å². The van der Waals surface area contributed by atoms with Crippen LogP contribution in [0.1, 0.15) is 18.5 Å². The van der Waals surface area contributed by atoms with E-state index in [4.69, 9.17) is 5.73 Å². The zero-order valence-electron chi connectivity index (χ0n) is 6.32. The van der Waals surface area contributed by atoms with E-state index < -0.39 is 0 Å². The molecular formula is C8H10N2O. The van der Waals surface area contributed by atoms with Crippen LogP contribution in [-0.4, -0.2) is 10.9 Å². The molecule has 1 rings (SSSR count). The van der Waals surface area contributed by atoms with Gasteiger partial charge < -0.3 is 5.73 Å². The topological polar surface area (TPSA) is 56.0 Å². The molecule has 11 heavy (non-hydrogen) atoms. The molecule has 0 saturated carbocycles. The Hall–Kier alpha value is -1.38.